The van der Waals surface area contributed by atoms with E-state index >= 15 is 0 Å². The smallest absolute Gasteiger partial charge is 0.387 e. The number of aliphatic hydroxyl groups is 1. The van der Waals surface area contributed by atoms with E-state index in [1.807, 2.05) is 0 Å². The van der Waals surface area contributed by atoms with E-state index in [-0.39, 0.29) is 12.4 Å². The van der Waals surface area contributed by atoms with Gasteiger partial charge in [-0.1, -0.05) is 30.3 Å². The molecule has 0 saturated carbocycles. The summed E-state index contributed by atoms with van der Waals surface area (Å²) in [5.74, 6) is -0.430. The second kappa shape index (κ2) is 8.05. The number of carbonyl (C=O) groups excluding carboxylic acids is 1. The SMILES string of the molecule is O=C(/C=C/c1ccccc1OC(F)F)Nc1cccc(CO)c1. The van der Waals surface area contributed by atoms with Crippen LogP contribution in [0.15, 0.2) is 54.6 Å². The number of nitrogens with one attached hydrogen (secondary N) is 1. The van der Waals surface area contributed by atoms with Crippen LogP contribution in [0.5, 0.6) is 5.75 Å². The number of benzene rings is 2. The first-order chi connectivity index (χ1) is 11.1. The lowest BCUT2D eigenvalue weighted by Crippen LogP contribution is -2.08. The van der Waals surface area contributed by atoms with E-state index in [9.17, 15) is 13.6 Å². The zero-order valence-electron chi connectivity index (χ0n) is 12.1. The van der Waals surface area contributed by atoms with Crippen LogP contribution in [-0.2, 0) is 11.4 Å². The van der Waals surface area contributed by atoms with Crippen molar-refractivity contribution in [2.24, 2.45) is 0 Å². The number of ether oxygens (including phenoxy) is 1. The van der Waals surface area contributed by atoms with E-state index in [2.05, 4.69) is 10.1 Å². The van der Waals surface area contributed by atoms with Gasteiger partial charge in [-0.3, -0.25) is 4.79 Å². The number of anilines is 1. The quantitative estimate of drug-likeness (QED) is 0.802. The minimum atomic E-state index is -2.93. The molecule has 2 aromatic rings. The molecule has 4 nitrogen and oxygen atoms in total. The fourth-order valence-corrected chi connectivity index (χ4v) is 1.92. The Morgan fingerprint density at radius 1 is 1.22 bits per heavy atom. The van der Waals surface area contributed by atoms with Crippen LogP contribution in [0, 0.1) is 0 Å². The maximum Gasteiger partial charge on any atom is 0.387 e. The number of para-hydroxylation sites is 1. The zero-order valence-corrected chi connectivity index (χ0v) is 12.1. The molecule has 23 heavy (non-hydrogen) atoms. The number of hydrogen-bond donors (Lipinski definition) is 2. The highest BCUT2D eigenvalue weighted by molar-refractivity contribution is 6.02. The number of rotatable bonds is 6. The van der Waals surface area contributed by atoms with Gasteiger partial charge in [-0.25, -0.2) is 0 Å². The first kappa shape index (κ1) is 16.6. The fourth-order valence-electron chi connectivity index (χ4n) is 1.92. The summed E-state index contributed by atoms with van der Waals surface area (Å²) in [5, 5.41) is 11.7. The maximum absolute atomic E-state index is 12.3. The Hall–Kier alpha value is -2.73. The molecule has 0 saturated heterocycles. The predicted molar refractivity (Wildman–Crippen MR) is 83.1 cm³/mol. The van der Waals surface area contributed by atoms with Crippen molar-refractivity contribution in [2.75, 3.05) is 5.32 Å². The summed E-state index contributed by atoms with van der Waals surface area (Å²) < 4.78 is 29.0. The van der Waals surface area contributed by atoms with Crippen LogP contribution >= 0.6 is 0 Å². The molecule has 0 atom stereocenters. The predicted octanol–water partition coefficient (Wildman–Crippen LogP) is 3.43. The molecule has 120 valence electrons. The molecular weight excluding hydrogens is 304 g/mol. The Bertz CT molecular complexity index is 702. The number of halogens is 2. The first-order valence-corrected chi connectivity index (χ1v) is 6.81. The van der Waals surface area contributed by atoms with Gasteiger partial charge in [-0.2, -0.15) is 8.78 Å². The van der Waals surface area contributed by atoms with Gasteiger partial charge in [0.25, 0.3) is 0 Å². The summed E-state index contributed by atoms with van der Waals surface area (Å²) >= 11 is 0. The highest BCUT2D eigenvalue weighted by Crippen LogP contribution is 2.21. The fraction of sp³-hybridized carbons (Fsp3) is 0.118. The molecule has 6 heteroatoms. The second-order valence-corrected chi connectivity index (χ2v) is 4.60. The van der Waals surface area contributed by atoms with Crippen LogP contribution in [0.1, 0.15) is 11.1 Å². The highest BCUT2D eigenvalue weighted by atomic mass is 19.3. The van der Waals surface area contributed by atoms with E-state index < -0.39 is 12.5 Å². The van der Waals surface area contributed by atoms with Crippen LogP contribution in [0.2, 0.25) is 0 Å². The van der Waals surface area contributed by atoms with Crippen molar-refractivity contribution in [1.29, 1.82) is 0 Å². The van der Waals surface area contributed by atoms with Gasteiger partial charge in [0.1, 0.15) is 5.75 Å². The third-order valence-electron chi connectivity index (χ3n) is 2.93. The van der Waals surface area contributed by atoms with E-state index in [1.54, 1.807) is 42.5 Å². The molecule has 0 fully saturated rings. The van der Waals surface area contributed by atoms with Crippen LogP contribution in [0.3, 0.4) is 0 Å². The molecule has 2 N–H and O–H groups in total. The minimum absolute atomic E-state index is 0.00571. The lowest BCUT2D eigenvalue weighted by molar-refractivity contribution is -0.111. The van der Waals surface area contributed by atoms with Crippen molar-refractivity contribution in [1.82, 2.24) is 0 Å². The van der Waals surface area contributed by atoms with Crippen molar-refractivity contribution in [2.45, 2.75) is 13.2 Å². The van der Waals surface area contributed by atoms with Gasteiger partial charge < -0.3 is 15.2 Å². The molecule has 0 heterocycles. The molecule has 0 spiro atoms. The summed E-state index contributed by atoms with van der Waals surface area (Å²) in [6, 6.07) is 12.9. The second-order valence-electron chi connectivity index (χ2n) is 4.60. The van der Waals surface area contributed by atoms with Crippen molar-refractivity contribution in [3.05, 3.63) is 65.7 Å². The Labute approximate surface area is 132 Å². The van der Waals surface area contributed by atoms with Gasteiger partial charge in [-0.05, 0) is 29.8 Å². The van der Waals surface area contributed by atoms with Crippen molar-refractivity contribution in [3.63, 3.8) is 0 Å². The molecule has 0 bridgehead atoms. The molecule has 0 aliphatic carbocycles. The Kier molecular flexibility index (Phi) is 5.82. The van der Waals surface area contributed by atoms with E-state index in [0.29, 0.717) is 16.8 Å². The Balaban J connectivity index is 2.06. The molecule has 2 rings (SSSR count). The summed E-state index contributed by atoms with van der Waals surface area (Å²) in [4.78, 5) is 11.9. The average Bonchev–Trinajstić information content (AvgIpc) is 2.53. The Morgan fingerprint density at radius 3 is 2.74 bits per heavy atom. The molecule has 0 radical (unpaired) electrons. The van der Waals surface area contributed by atoms with Gasteiger partial charge in [0.15, 0.2) is 0 Å². The molecule has 0 unspecified atom stereocenters. The van der Waals surface area contributed by atoms with Crippen molar-refractivity contribution in [3.8, 4) is 5.75 Å². The average molecular weight is 319 g/mol. The summed E-state index contributed by atoms with van der Waals surface area (Å²) in [5.41, 5.74) is 1.57. The molecule has 0 aliphatic heterocycles. The van der Waals surface area contributed by atoms with E-state index in [0.717, 1.165) is 0 Å². The minimum Gasteiger partial charge on any atom is -0.434 e. The van der Waals surface area contributed by atoms with Crippen molar-refractivity contribution >= 4 is 17.7 Å². The number of hydrogen-bond acceptors (Lipinski definition) is 3. The number of carbonyl (C=O) groups is 1. The van der Waals surface area contributed by atoms with Gasteiger partial charge in [0, 0.05) is 17.3 Å². The van der Waals surface area contributed by atoms with Crippen molar-refractivity contribution < 1.29 is 23.4 Å². The van der Waals surface area contributed by atoms with Gasteiger partial charge in [0.05, 0.1) is 6.61 Å². The van der Waals surface area contributed by atoms with Crippen LogP contribution in [0.25, 0.3) is 6.08 Å². The standard InChI is InChI=1S/C17H15F2NO3/c18-17(19)23-15-7-2-1-5-13(15)8-9-16(22)20-14-6-3-4-12(10-14)11-21/h1-10,17,21H,11H2,(H,20,22)/b9-8+. The lowest BCUT2D eigenvalue weighted by Gasteiger charge is -2.07. The molecule has 1 amide bonds. The third kappa shape index (κ3) is 5.19. The van der Waals surface area contributed by atoms with Crippen LogP contribution in [0.4, 0.5) is 14.5 Å². The van der Waals surface area contributed by atoms with Gasteiger partial charge in [-0.15, -0.1) is 0 Å². The summed E-state index contributed by atoms with van der Waals surface area (Å²) in [6.07, 6.45) is 2.61. The van der Waals surface area contributed by atoms with Crippen LogP contribution in [-0.4, -0.2) is 17.6 Å². The van der Waals surface area contributed by atoms with E-state index in [4.69, 9.17) is 5.11 Å². The maximum atomic E-state index is 12.3. The van der Waals surface area contributed by atoms with Gasteiger partial charge >= 0.3 is 6.61 Å². The molecule has 0 aromatic heterocycles. The summed E-state index contributed by atoms with van der Waals surface area (Å²) in [7, 11) is 0. The Morgan fingerprint density at radius 2 is 2.00 bits per heavy atom. The van der Waals surface area contributed by atoms with E-state index in [1.165, 1.54) is 18.2 Å². The van der Waals surface area contributed by atoms with Crippen LogP contribution < -0.4 is 10.1 Å². The number of amides is 1. The highest BCUT2D eigenvalue weighted by Gasteiger charge is 2.07. The topological polar surface area (TPSA) is 58.6 Å². The monoisotopic (exact) mass is 319 g/mol. The normalized spacial score (nSPS) is 11.0. The zero-order chi connectivity index (χ0) is 16.7. The molecule has 0 aliphatic rings. The molecule has 2 aromatic carbocycles. The summed E-state index contributed by atoms with van der Waals surface area (Å²) in [6.45, 7) is -3.06. The number of alkyl halides is 2. The molecular formula is C17H15F2NO3. The number of aliphatic hydroxyl groups excluding tert-OH is 1. The third-order valence-corrected chi connectivity index (χ3v) is 2.93. The largest absolute Gasteiger partial charge is 0.434 e. The first-order valence-electron chi connectivity index (χ1n) is 6.81. The lowest BCUT2D eigenvalue weighted by atomic mass is 10.2. The van der Waals surface area contributed by atoms with Gasteiger partial charge in [0.2, 0.25) is 5.91 Å².